The maximum atomic E-state index is 12.5. The molecule has 0 saturated carbocycles. The van der Waals surface area contributed by atoms with Crippen molar-refractivity contribution in [3.63, 3.8) is 0 Å². The molecule has 3 aromatic rings. The van der Waals surface area contributed by atoms with E-state index in [1.165, 1.54) is 18.2 Å². The number of halogens is 3. The number of nitrogens with zero attached hydrogens (tertiary/aromatic N) is 2. The van der Waals surface area contributed by atoms with Gasteiger partial charge >= 0.3 is 12.4 Å². The van der Waals surface area contributed by atoms with Crippen LogP contribution in [0.3, 0.4) is 0 Å². The Hall–Kier alpha value is -3.49. The Kier molecular flexibility index (Phi) is 6.84. The molecule has 9 heteroatoms. The lowest BCUT2D eigenvalue weighted by Gasteiger charge is -2.14. The third-order valence-electron chi connectivity index (χ3n) is 4.77. The van der Waals surface area contributed by atoms with Gasteiger partial charge in [0.2, 0.25) is 0 Å². The van der Waals surface area contributed by atoms with Crippen molar-refractivity contribution >= 4 is 6.03 Å². The number of carbonyl (C=O) groups excluding carboxylic acids is 1. The van der Waals surface area contributed by atoms with Gasteiger partial charge in [-0.25, -0.2) is 4.79 Å². The summed E-state index contributed by atoms with van der Waals surface area (Å²) in [6, 6.07) is 15.1. The number of hydrogen-bond donors (Lipinski definition) is 2. The van der Waals surface area contributed by atoms with Crippen LogP contribution in [0, 0.1) is 13.8 Å². The molecule has 6 nitrogen and oxygen atoms in total. The number of ether oxygens (including phenoxy) is 1. The number of aryl methyl sites for hydroxylation is 1. The van der Waals surface area contributed by atoms with Crippen LogP contribution in [-0.2, 0) is 19.6 Å². The number of rotatable bonds is 7. The van der Waals surface area contributed by atoms with Gasteiger partial charge in [0.1, 0.15) is 5.75 Å². The molecule has 0 aliphatic heterocycles. The Balaban J connectivity index is 1.57. The van der Waals surface area contributed by atoms with Gasteiger partial charge in [-0.15, -0.1) is 13.2 Å². The van der Waals surface area contributed by atoms with E-state index < -0.39 is 12.4 Å². The Morgan fingerprint density at radius 2 is 1.65 bits per heavy atom. The molecule has 0 bridgehead atoms. The number of aromatic nitrogens is 2. The molecule has 0 spiro atoms. The van der Waals surface area contributed by atoms with E-state index in [-0.39, 0.29) is 24.4 Å². The van der Waals surface area contributed by atoms with Crippen LogP contribution >= 0.6 is 0 Å². The molecule has 0 atom stereocenters. The van der Waals surface area contributed by atoms with E-state index in [9.17, 15) is 18.0 Å². The molecule has 1 aromatic heterocycles. The highest BCUT2D eigenvalue weighted by Crippen LogP contribution is 2.26. The lowest BCUT2D eigenvalue weighted by molar-refractivity contribution is -0.274. The molecule has 0 radical (unpaired) electrons. The molecule has 31 heavy (non-hydrogen) atoms. The van der Waals surface area contributed by atoms with Crippen LogP contribution in [0.25, 0.3) is 0 Å². The SMILES string of the molecule is Cc1nn(Cc2ccccc2)c(C)c1CNC(=O)NCc1ccccc1OC(F)(F)F. The predicted molar refractivity (Wildman–Crippen MR) is 109 cm³/mol. The highest BCUT2D eigenvalue weighted by atomic mass is 19.4. The maximum absolute atomic E-state index is 12.5. The van der Waals surface area contributed by atoms with E-state index in [1.807, 2.05) is 48.9 Å². The van der Waals surface area contributed by atoms with Gasteiger partial charge < -0.3 is 15.4 Å². The third kappa shape index (κ3) is 6.24. The molecule has 0 aliphatic carbocycles. The average Bonchev–Trinajstić information content (AvgIpc) is 2.98. The van der Waals surface area contributed by atoms with Crippen LogP contribution in [0.4, 0.5) is 18.0 Å². The molecule has 3 rings (SSSR count). The molecule has 164 valence electrons. The maximum Gasteiger partial charge on any atom is 0.573 e. The summed E-state index contributed by atoms with van der Waals surface area (Å²) in [5.41, 5.74) is 3.97. The van der Waals surface area contributed by atoms with Crippen molar-refractivity contribution in [1.82, 2.24) is 20.4 Å². The average molecular weight is 432 g/mol. The zero-order valence-corrected chi connectivity index (χ0v) is 17.2. The first-order valence-electron chi connectivity index (χ1n) is 9.65. The fourth-order valence-corrected chi connectivity index (χ4v) is 3.18. The summed E-state index contributed by atoms with van der Waals surface area (Å²) < 4.78 is 43.4. The Morgan fingerprint density at radius 3 is 2.35 bits per heavy atom. The van der Waals surface area contributed by atoms with E-state index in [0.29, 0.717) is 6.54 Å². The van der Waals surface area contributed by atoms with Crippen LogP contribution in [0.5, 0.6) is 5.75 Å². The molecule has 2 amide bonds. The molecule has 0 saturated heterocycles. The summed E-state index contributed by atoms with van der Waals surface area (Å²) in [7, 11) is 0. The van der Waals surface area contributed by atoms with Gasteiger partial charge in [-0.3, -0.25) is 4.68 Å². The van der Waals surface area contributed by atoms with Crippen molar-refractivity contribution in [3.05, 3.63) is 82.7 Å². The Bertz CT molecular complexity index is 1030. The second-order valence-corrected chi connectivity index (χ2v) is 6.98. The van der Waals surface area contributed by atoms with Crippen molar-refractivity contribution < 1.29 is 22.7 Å². The molecular weight excluding hydrogens is 409 g/mol. The van der Waals surface area contributed by atoms with Crippen LogP contribution in [-0.4, -0.2) is 22.2 Å². The first-order chi connectivity index (χ1) is 14.7. The summed E-state index contributed by atoms with van der Waals surface area (Å²) in [5.74, 6) is -0.343. The number of alkyl halides is 3. The number of hydrogen-bond acceptors (Lipinski definition) is 3. The fraction of sp³-hybridized carbons (Fsp3) is 0.273. The topological polar surface area (TPSA) is 68.2 Å². The second-order valence-electron chi connectivity index (χ2n) is 6.98. The minimum atomic E-state index is -4.80. The highest BCUT2D eigenvalue weighted by molar-refractivity contribution is 5.74. The molecule has 0 fully saturated rings. The van der Waals surface area contributed by atoms with Crippen molar-refractivity contribution in [2.75, 3.05) is 0 Å². The summed E-state index contributed by atoms with van der Waals surface area (Å²) in [5, 5.41) is 9.83. The van der Waals surface area contributed by atoms with Gasteiger partial charge in [0, 0.05) is 29.9 Å². The number of benzene rings is 2. The standard InChI is InChI=1S/C22H23F3N4O2/c1-15-19(16(2)29(28-15)14-17-8-4-3-5-9-17)13-27-21(30)26-12-18-10-6-7-11-20(18)31-22(23,24)25/h3-11H,12-14H2,1-2H3,(H2,26,27,30). The normalized spacial score (nSPS) is 11.3. The fourth-order valence-electron chi connectivity index (χ4n) is 3.18. The van der Waals surface area contributed by atoms with Crippen LogP contribution in [0.2, 0.25) is 0 Å². The molecule has 1 heterocycles. The van der Waals surface area contributed by atoms with Crippen LogP contribution < -0.4 is 15.4 Å². The smallest absolute Gasteiger partial charge is 0.405 e. The van der Waals surface area contributed by atoms with Crippen LogP contribution in [0.15, 0.2) is 54.6 Å². The molecule has 0 unspecified atom stereocenters. The molecule has 2 aromatic carbocycles. The molecule has 0 aliphatic rings. The molecule has 2 N–H and O–H groups in total. The third-order valence-corrected chi connectivity index (χ3v) is 4.77. The number of carbonyl (C=O) groups is 1. The quantitative estimate of drug-likeness (QED) is 0.580. The first kappa shape index (κ1) is 22.2. The van der Waals surface area contributed by atoms with E-state index in [1.54, 1.807) is 6.07 Å². The van der Waals surface area contributed by atoms with E-state index in [4.69, 9.17) is 0 Å². The van der Waals surface area contributed by atoms with Crippen molar-refractivity contribution in [3.8, 4) is 5.75 Å². The van der Waals surface area contributed by atoms with Crippen molar-refractivity contribution in [1.29, 1.82) is 0 Å². The van der Waals surface area contributed by atoms with Gasteiger partial charge in [-0.1, -0.05) is 48.5 Å². The summed E-state index contributed by atoms with van der Waals surface area (Å²) in [4.78, 5) is 12.2. The van der Waals surface area contributed by atoms with E-state index in [2.05, 4.69) is 20.5 Å². The summed E-state index contributed by atoms with van der Waals surface area (Å²) >= 11 is 0. The van der Waals surface area contributed by atoms with Gasteiger partial charge in [0.25, 0.3) is 0 Å². The zero-order chi connectivity index (χ0) is 22.4. The first-order valence-corrected chi connectivity index (χ1v) is 9.65. The molecular formula is C22H23F3N4O2. The number of nitrogens with one attached hydrogen (secondary N) is 2. The summed E-state index contributed by atoms with van der Waals surface area (Å²) in [6.45, 7) is 4.56. The zero-order valence-electron chi connectivity index (χ0n) is 17.2. The van der Waals surface area contributed by atoms with Crippen molar-refractivity contribution in [2.24, 2.45) is 0 Å². The predicted octanol–water partition coefficient (Wildman–Crippen LogP) is 4.45. The van der Waals surface area contributed by atoms with Gasteiger partial charge in [0.05, 0.1) is 12.2 Å². The summed E-state index contributed by atoms with van der Waals surface area (Å²) in [6.07, 6.45) is -4.80. The number of para-hydroxylation sites is 1. The van der Waals surface area contributed by atoms with Gasteiger partial charge in [0.15, 0.2) is 0 Å². The van der Waals surface area contributed by atoms with Gasteiger partial charge in [-0.05, 0) is 25.5 Å². The lowest BCUT2D eigenvalue weighted by atomic mass is 10.2. The van der Waals surface area contributed by atoms with Crippen molar-refractivity contribution in [2.45, 2.75) is 39.8 Å². The lowest BCUT2D eigenvalue weighted by Crippen LogP contribution is -2.35. The Labute approximate surface area is 178 Å². The van der Waals surface area contributed by atoms with Gasteiger partial charge in [-0.2, -0.15) is 5.10 Å². The highest BCUT2D eigenvalue weighted by Gasteiger charge is 2.32. The minimum Gasteiger partial charge on any atom is -0.405 e. The minimum absolute atomic E-state index is 0.108. The number of amides is 2. The van der Waals surface area contributed by atoms with E-state index in [0.717, 1.165) is 22.5 Å². The number of urea groups is 1. The van der Waals surface area contributed by atoms with E-state index >= 15 is 0 Å². The largest absolute Gasteiger partial charge is 0.573 e. The monoisotopic (exact) mass is 432 g/mol. The Morgan fingerprint density at radius 1 is 1.00 bits per heavy atom. The second kappa shape index (κ2) is 9.55. The van der Waals surface area contributed by atoms with Crippen LogP contribution in [0.1, 0.15) is 28.1 Å².